The largest absolute Gasteiger partial charge is 0.480 e. The van der Waals surface area contributed by atoms with Crippen LogP contribution in [0.15, 0.2) is 60.8 Å². The summed E-state index contributed by atoms with van der Waals surface area (Å²) in [6, 6.07) is 14.2. The van der Waals surface area contributed by atoms with Crippen LogP contribution in [0, 0.1) is 5.82 Å². The first kappa shape index (κ1) is 17.9. The minimum Gasteiger partial charge on any atom is -0.480 e. The van der Waals surface area contributed by atoms with E-state index in [1.54, 1.807) is 29.1 Å². The highest BCUT2D eigenvalue weighted by Crippen LogP contribution is 2.24. The molecule has 4 rings (SSSR count). The number of rotatable bonds is 4. The normalized spacial score (nSPS) is 15.9. The summed E-state index contributed by atoms with van der Waals surface area (Å²) < 4.78 is 14.6. The van der Waals surface area contributed by atoms with Crippen molar-refractivity contribution in [2.45, 2.75) is 25.4 Å². The van der Waals surface area contributed by atoms with E-state index in [1.165, 1.54) is 17.0 Å². The Labute approximate surface area is 160 Å². The minimum absolute atomic E-state index is 0.000140. The van der Waals surface area contributed by atoms with Crippen molar-refractivity contribution >= 4 is 11.9 Å². The smallest absolute Gasteiger partial charge is 0.326 e. The van der Waals surface area contributed by atoms with Gasteiger partial charge in [-0.2, -0.15) is 5.10 Å². The first-order valence-electron chi connectivity index (χ1n) is 8.91. The molecule has 0 aliphatic carbocycles. The average molecular weight is 379 g/mol. The highest BCUT2D eigenvalue weighted by atomic mass is 19.1. The number of carboxylic acids is 1. The zero-order chi connectivity index (χ0) is 19.7. The van der Waals surface area contributed by atoms with Crippen LogP contribution in [0.5, 0.6) is 0 Å². The second kappa shape index (κ2) is 7.26. The Hall–Kier alpha value is -3.48. The Morgan fingerprint density at radius 1 is 1.07 bits per heavy atom. The molecular formula is C21H18FN3O3. The summed E-state index contributed by atoms with van der Waals surface area (Å²) in [5.41, 5.74) is 3.12. The zero-order valence-electron chi connectivity index (χ0n) is 15.0. The van der Waals surface area contributed by atoms with Crippen LogP contribution in [0.1, 0.15) is 16.8 Å². The minimum atomic E-state index is -1.01. The van der Waals surface area contributed by atoms with Crippen LogP contribution in [-0.2, 0) is 29.0 Å². The first-order chi connectivity index (χ1) is 13.5. The van der Waals surface area contributed by atoms with Crippen molar-refractivity contribution in [1.29, 1.82) is 0 Å². The van der Waals surface area contributed by atoms with Crippen LogP contribution in [0.2, 0.25) is 0 Å². The van der Waals surface area contributed by atoms with Gasteiger partial charge in [-0.1, -0.05) is 24.3 Å². The maximum absolute atomic E-state index is 13.1. The van der Waals surface area contributed by atoms with Gasteiger partial charge in [0.25, 0.3) is 0 Å². The van der Waals surface area contributed by atoms with Crippen molar-refractivity contribution in [2.75, 3.05) is 0 Å². The number of nitrogens with zero attached hydrogens (tertiary/aromatic N) is 3. The van der Waals surface area contributed by atoms with Gasteiger partial charge in [-0.25, -0.2) is 13.9 Å². The van der Waals surface area contributed by atoms with Gasteiger partial charge in [-0.15, -0.1) is 0 Å². The summed E-state index contributed by atoms with van der Waals surface area (Å²) in [7, 11) is 0. The molecule has 142 valence electrons. The highest BCUT2D eigenvalue weighted by Gasteiger charge is 2.34. The summed E-state index contributed by atoms with van der Waals surface area (Å²) in [6.45, 7) is 0.268. The van der Waals surface area contributed by atoms with Crippen LogP contribution in [0.4, 0.5) is 4.39 Å². The van der Waals surface area contributed by atoms with Crippen molar-refractivity contribution in [1.82, 2.24) is 14.7 Å². The van der Waals surface area contributed by atoms with E-state index in [0.717, 1.165) is 11.1 Å². The zero-order valence-corrected chi connectivity index (χ0v) is 15.0. The quantitative estimate of drug-likeness (QED) is 0.756. The molecule has 3 aromatic rings. The van der Waals surface area contributed by atoms with E-state index >= 15 is 0 Å². The molecule has 1 aliphatic heterocycles. The molecule has 0 saturated carbocycles. The Morgan fingerprint density at radius 3 is 2.50 bits per heavy atom. The summed E-state index contributed by atoms with van der Waals surface area (Å²) in [5.74, 6) is -1.64. The van der Waals surface area contributed by atoms with E-state index in [2.05, 4.69) is 5.10 Å². The number of carbonyl (C=O) groups excluding carboxylic acids is 1. The summed E-state index contributed by atoms with van der Waals surface area (Å²) >= 11 is 0. The third-order valence-corrected chi connectivity index (χ3v) is 4.92. The predicted octanol–water partition coefficient (Wildman–Crippen LogP) is 2.59. The average Bonchev–Trinajstić information content (AvgIpc) is 3.15. The number of halogens is 1. The fourth-order valence-electron chi connectivity index (χ4n) is 3.46. The fourth-order valence-corrected chi connectivity index (χ4v) is 3.46. The number of carboxylic acid groups (broad SMARTS) is 1. The van der Waals surface area contributed by atoms with Gasteiger partial charge in [0.15, 0.2) is 0 Å². The van der Waals surface area contributed by atoms with E-state index in [-0.39, 0.29) is 24.7 Å². The molecule has 0 bridgehead atoms. The van der Waals surface area contributed by atoms with E-state index in [4.69, 9.17) is 0 Å². The van der Waals surface area contributed by atoms with Crippen LogP contribution in [0.3, 0.4) is 0 Å². The molecule has 1 aromatic heterocycles. The third-order valence-electron chi connectivity index (χ3n) is 4.92. The monoisotopic (exact) mass is 379 g/mol. The molecule has 1 aliphatic rings. The Morgan fingerprint density at radius 2 is 1.79 bits per heavy atom. The van der Waals surface area contributed by atoms with E-state index in [1.807, 2.05) is 24.3 Å². The molecule has 0 saturated heterocycles. The van der Waals surface area contributed by atoms with Crippen molar-refractivity contribution in [3.05, 3.63) is 83.4 Å². The molecule has 0 radical (unpaired) electrons. The molecule has 0 spiro atoms. The lowest BCUT2D eigenvalue weighted by Crippen LogP contribution is -2.49. The first-order valence-corrected chi connectivity index (χ1v) is 8.91. The van der Waals surface area contributed by atoms with Crippen molar-refractivity contribution < 1.29 is 19.1 Å². The lowest BCUT2D eigenvalue weighted by molar-refractivity contribution is -0.151. The molecule has 1 N–H and O–H groups in total. The SMILES string of the molecule is O=C(O)C1Cc2ccccc2CN1C(=O)Cc1ccn(-c2ccc(F)cc2)n1. The van der Waals surface area contributed by atoms with Gasteiger partial charge < -0.3 is 10.0 Å². The molecule has 1 unspecified atom stereocenters. The summed E-state index contributed by atoms with van der Waals surface area (Å²) in [4.78, 5) is 26.0. The Bertz CT molecular complexity index is 1030. The van der Waals surface area contributed by atoms with E-state index < -0.39 is 12.0 Å². The topological polar surface area (TPSA) is 75.4 Å². The number of benzene rings is 2. The Balaban J connectivity index is 1.53. The molecule has 6 nitrogen and oxygen atoms in total. The van der Waals surface area contributed by atoms with Crippen LogP contribution < -0.4 is 0 Å². The number of amides is 1. The highest BCUT2D eigenvalue weighted by molar-refractivity contribution is 5.85. The maximum Gasteiger partial charge on any atom is 0.326 e. The second-order valence-electron chi connectivity index (χ2n) is 6.75. The van der Waals surface area contributed by atoms with Gasteiger partial charge >= 0.3 is 5.97 Å². The number of carbonyl (C=O) groups is 2. The van der Waals surface area contributed by atoms with Crippen molar-refractivity contribution in [2.24, 2.45) is 0 Å². The maximum atomic E-state index is 13.1. The fraction of sp³-hybridized carbons (Fsp3) is 0.190. The lowest BCUT2D eigenvalue weighted by atomic mass is 9.93. The van der Waals surface area contributed by atoms with E-state index in [0.29, 0.717) is 17.8 Å². The van der Waals surface area contributed by atoms with Gasteiger partial charge in [0.1, 0.15) is 11.9 Å². The molecule has 28 heavy (non-hydrogen) atoms. The molecule has 1 atom stereocenters. The number of fused-ring (bicyclic) bond motifs is 1. The van der Waals surface area contributed by atoms with Crippen LogP contribution in [-0.4, -0.2) is 37.7 Å². The molecular weight excluding hydrogens is 361 g/mol. The second-order valence-corrected chi connectivity index (χ2v) is 6.75. The van der Waals surface area contributed by atoms with Crippen LogP contribution in [0.25, 0.3) is 5.69 Å². The molecule has 7 heteroatoms. The number of hydrogen-bond acceptors (Lipinski definition) is 3. The van der Waals surface area contributed by atoms with Gasteiger partial charge in [-0.05, 0) is 41.5 Å². The standard InChI is InChI=1S/C21H18FN3O3/c22-16-5-7-18(8-6-16)25-10-9-17(23-25)12-20(26)24-13-15-4-2-1-3-14(15)11-19(24)21(27)28/h1-10,19H,11-13H2,(H,27,28). The van der Waals surface area contributed by atoms with E-state index in [9.17, 15) is 19.1 Å². The number of aliphatic carboxylic acids is 1. The van der Waals surface area contributed by atoms with Crippen molar-refractivity contribution in [3.63, 3.8) is 0 Å². The van der Waals surface area contributed by atoms with Gasteiger partial charge in [-0.3, -0.25) is 4.79 Å². The van der Waals surface area contributed by atoms with Crippen molar-refractivity contribution in [3.8, 4) is 5.69 Å². The lowest BCUT2D eigenvalue weighted by Gasteiger charge is -2.34. The van der Waals surface area contributed by atoms with Crippen LogP contribution >= 0.6 is 0 Å². The third kappa shape index (κ3) is 3.51. The van der Waals surface area contributed by atoms with Gasteiger partial charge in [0.05, 0.1) is 17.8 Å². The number of aromatic nitrogens is 2. The predicted molar refractivity (Wildman–Crippen MR) is 99.3 cm³/mol. The molecule has 0 fully saturated rings. The molecule has 2 heterocycles. The van der Waals surface area contributed by atoms with Gasteiger partial charge in [0.2, 0.25) is 5.91 Å². The number of hydrogen-bond donors (Lipinski definition) is 1. The Kier molecular flexibility index (Phi) is 4.65. The summed E-state index contributed by atoms with van der Waals surface area (Å²) in [6.07, 6.45) is 1.98. The molecule has 1 amide bonds. The molecule has 2 aromatic carbocycles. The summed E-state index contributed by atoms with van der Waals surface area (Å²) in [5, 5.41) is 13.9. The van der Waals surface area contributed by atoms with Gasteiger partial charge in [0, 0.05) is 19.2 Å².